The van der Waals surface area contributed by atoms with Crippen LogP contribution in [0.5, 0.6) is 0 Å². The topological polar surface area (TPSA) is 81.8 Å². The molecule has 204 valence electrons. The Bertz CT molecular complexity index is 1190. The van der Waals surface area contributed by atoms with Crippen LogP contribution in [0, 0.1) is 25.7 Å². The number of anilines is 2. The van der Waals surface area contributed by atoms with Crippen molar-refractivity contribution >= 4 is 56.6 Å². The van der Waals surface area contributed by atoms with Crippen molar-refractivity contribution in [1.82, 2.24) is 9.80 Å². The van der Waals surface area contributed by atoms with E-state index < -0.39 is 0 Å². The Kier molecular flexibility index (Phi) is 9.50. The molecule has 2 heterocycles. The van der Waals surface area contributed by atoms with E-state index in [1.54, 1.807) is 18.2 Å². The fourth-order valence-corrected chi connectivity index (χ4v) is 6.24. The summed E-state index contributed by atoms with van der Waals surface area (Å²) < 4.78 is 0.994. The van der Waals surface area contributed by atoms with Crippen molar-refractivity contribution in [2.24, 2.45) is 11.8 Å². The average Bonchev–Trinajstić information content (AvgIpc) is 2.87. The van der Waals surface area contributed by atoms with E-state index in [9.17, 15) is 14.4 Å². The quantitative estimate of drug-likeness (QED) is 0.432. The molecule has 1 unspecified atom stereocenters. The molecule has 2 aliphatic rings. The van der Waals surface area contributed by atoms with Gasteiger partial charge >= 0.3 is 0 Å². The SMILES string of the molecule is Cc1cc(Br)cc(C)c1NC(=O)C1CCN(CC(=O)Nc2cc(C(=O)N3CCCC(C)C3)ccc2Cl)CC1. The van der Waals surface area contributed by atoms with E-state index in [0.29, 0.717) is 48.1 Å². The first-order valence-corrected chi connectivity index (χ1v) is 14.5. The summed E-state index contributed by atoms with van der Waals surface area (Å²) in [6.45, 7) is 9.15. The molecule has 2 fully saturated rings. The van der Waals surface area contributed by atoms with Crippen molar-refractivity contribution in [2.45, 2.75) is 46.5 Å². The lowest BCUT2D eigenvalue weighted by atomic mass is 9.95. The van der Waals surface area contributed by atoms with Crippen molar-refractivity contribution in [2.75, 3.05) is 43.4 Å². The van der Waals surface area contributed by atoms with Gasteiger partial charge in [-0.2, -0.15) is 0 Å². The van der Waals surface area contributed by atoms with Crippen molar-refractivity contribution in [3.05, 3.63) is 56.5 Å². The van der Waals surface area contributed by atoms with Crippen LogP contribution in [0.1, 0.15) is 54.1 Å². The first-order valence-electron chi connectivity index (χ1n) is 13.3. The third kappa shape index (κ3) is 7.16. The fraction of sp³-hybridized carbons (Fsp3) is 0.483. The Morgan fingerprint density at radius 2 is 1.68 bits per heavy atom. The third-order valence-electron chi connectivity index (χ3n) is 7.50. The summed E-state index contributed by atoms with van der Waals surface area (Å²) in [5.41, 5.74) is 3.89. The van der Waals surface area contributed by atoms with Crippen LogP contribution in [0.3, 0.4) is 0 Å². The minimum atomic E-state index is -0.188. The van der Waals surface area contributed by atoms with Gasteiger partial charge in [0.15, 0.2) is 0 Å². The molecule has 0 bridgehead atoms. The lowest BCUT2D eigenvalue weighted by molar-refractivity contribution is -0.121. The smallest absolute Gasteiger partial charge is 0.253 e. The number of carbonyl (C=O) groups is 3. The number of rotatable bonds is 6. The largest absolute Gasteiger partial charge is 0.338 e. The third-order valence-corrected chi connectivity index (χ3v) is 8.29. The average molecular weight is 604 g/mol. The van der Waals surface area contributed by atoms with Gasteiger partial charge in [-0.3, -0.25) is 19.3 Å². The molecule has 2 aromatic carbocycles. The second-order valence-corrected chi connectivity index (χ2v) is 12.0. The zero-order chi connectivity index (χ0) is 27.4. The lowest BCUT2D eigenvalue weighted by Gasteiger charge is -2.31. The number of piperidine rings is 2. The molecule has 2 saturated heterocycles. The highest BCUT2D eigenvalue weighted by molar-refractivity contribution is 9.10. The molecule has 7 nitrogen and oxygen atoms in total. The Hall–Kier alpha value is -2.42. The van der Waals surface area contributed by atoms with Gasteiger partial charge in [0.05, 0.1) is 17.3 Å². The van der Waals surface area contributed by atoms with Gasteiger partial charge in [-0.25, -0.2) is 0 Å². The number of aryl methyl sites for hydroxylation is 2. The molecule has 38 heavy (non-hydrogen) atoms. The van der Waals surface area contributed by atoms with Crippen molar-refractivity contribution < 1.29 is 14.4 Å². The normalized spacial score (nSPS) is 18.8. The Morgan fingerprint density at radius 3 is 2.34 bits per heavy atom. The summed E-state index contributed by atoms with van der Waals surface area (Å²) in [5.74, 6) is 0.207. The molecule has 2 N–H and O–H groups in total. The number of hydrogen-bond donors (Lipinski definition) is 2. The standard InChI is InChI=1S/C29H36BrClN4O3/c1-18-5-4-10-35(16-18)29(38)22-6-7-24(31)25(15-22)32-26(36)17-34-11-8-21(9-12-34)28(37)33-27-19(2)13-23(30)14-20(27)3/h6-7,13-15,18,21H,4-5,8-12,16-17H2,1-3H3,(H,32,36)(H,33,37). The molecule has 4 rings (SSSR count). The van der Waals surface area contributed by atoms with Crippen LogP contribution in [0.4, 0.5) is 11.4 Å². The van der Waals surface area contributed by atoms with Gasteiger partial charge in [-0.1, -0.05) is 34.5 Å². The van der Waals surface area contributed by atoms with E-state index in [1.807, 2.05) is 35.8 Å². The van der Waals surface area contributed by atoms with E-state index in [1.165, 1.54) is 0 Å². The van der Waals surface area contributed by atoms with Gasteiger partial charge in [0.2, 0.25) is 11.8 Å². The highest BCUT2D eigenvalue weighted by Crippen LogP contribution is 2.28. The number of carbonyl (C=O) groups excluding carboxylic acids is 3. The lowest BCUT2D eigenvalue weighted by Crippen LogP contribution is -2.42. The van der Waals surface area contributed by atoms with E-state index in [-0.39, 0.29) is 30.2 Å². The summed E-state index contributed by atoms with van der Waals surface area (Å²) in [6.07, 6.45) is 3.52. The predicted octanol–water partition coefficient (Wildman–Crippen LogP) is 5.88. The van der Waals surface area contributed by atoms with Crippen molar-refractivity contribution in [1.29, 1.82) is 0 Å². The Labute approximate surface area is 238 Å². The first-order chi connectivity index (χ1) is 18.1. The van der Waals surface area contributed by atoms with Crippen molar-refractivity contribution in [3.63, 3.8) is 0 Å². The van der Waals surface area contributed by atoms with E-state index in [4.69, 9.17) is 11.6 Å². The van der Waals surface area contributed by atoms with E-state index in [0.717, 1.165) is 47.2 Å². The molecule has 2 aromatic rings. The van der Waals surface area contributed by atoms with Gasteiger partial charge < -0.3 is 15.5 Å². The van der Waals surface area contributed by atoms with Crippen LogP contribution >= 0.6 is 27.5 Å². The van der Waals surface area contributed by atoms with Gasteiger partial charge in [0.25, 0.3) is 5.91 Å². The van der Waals surface area contributed by atoms with Crippen LogP contribution in [0.2, 0.25) is 5.02 Å². The molecule has 0 aromatic heterocycles. The molecule has 2 aliphatic heterocycles. The molecule has 0 spiro atoms. The predicted molar refractivity (Wildman–Crippen MR) is 156 cm³/mol. The summed E-state index contributed by atoms with van der Waals surface area (Å²) in [5, 5.41) is 6.39. The minimum Gasteiger partial charge on any atom is -0.338 e. The number of amides is 3. The second kappa shape index (κ2) is 12.6. The van der Waals surface area contributed by atoms with Crippen LogP contribution in [0.25, 0.3) is 0 Å². The number of hydrogen-bond acceptors (Lipinski definition) is 4. The number of nitrogens with one attached hydrogen (secondary N) is 2. The molecular weight excluding hydrogens is 568 g/mol. The van der Waals surface area contributed by atoms with Crippen LogP contribution in [-0.2, 0) is 9.59 Å². The highest BCUT2D eigenvalue weighted by Gasteiger charge is 2.27. The van der Waals surface area contributed by atoms with Crippen LogP contribution < -0.4 is 10.6 Å². The Balaban J connectivity index is 1.29. The molecule has 1 atom stereocenters. The second-order valence-electron chi connectivity index (χ2n) is 10.7. The summed E-state index contributed by atoms with van der Waals surface area (Å²) >= 11 is 9.84. The molecule has 0 aliphatic carbocycles. The van der Waals surface area contributed by atoms with Crippen molar-refractivity contribution in [3.8, 4) is 0 Å². The monoisotopic (exact) mass is 602 g/mol. The van der Waals surface area contributed by atoms with E-state index in [2.05, 4.69) is 33.5 Å². The van der Waals surface area contributed by atoms with Gasteiger partial charge in [0.1, 0.15) is 0 Å². The first kappa shape index (κ1) is 28.6. The number of nitrogens with zero attached hydrogens (tertiary/aromatic N) is 2. The summed E-state index contributed by atoms with van der Waals surface area (Å²) in [7, 11) is 0. The summed E-state index contributed by atoms with van der Waals surface area (Å²) in [4.78, 5) is 42.7. The number of benzene rings is 2. The van der Waals surface area contributed by atoms with Crippen LogP contribution in [0.15, 0.2) is 34.8 Å². The molecule has 0 radical (unpaired) electrons. The van der Waals surface area contributed by atoms with Gasteiger partial charge in [-0.05, 0) is 100.0 Å². The molecular formula is C29H36BrClN4O3. The molecule has 0 saturated carbocycles. The van der Waals surface area contributed by atoms with Gasteiger partial charge in [0, 0.05) is 34.7 Å². The fourth-order valence-electron chi connectivity index (χ4n) is 5.39. The van der Waals surface area contributed by atoms with Crippen LogP contribution in [-0.4, -0.2) is 60.2 Å². The maximum absolute atomic E-state index is 13.0. The molecule has 3 amide bonds. The molecule has 9 heteroatoms. The number of halogens is 2. The number of likely N-dealkylation sites (tertiary alicyclic amines) is 2. The van der Waals surface area contributed by atoms with E-state index >= 15 is 0 Å². The van der Waals surface area contributed by atoms with Gasteiger partial charge in [-0.15, -0.1) is 0 Å². The maximum atomic E-state index is 13.0. The zero-order valence-corrected chi connectivity index (χ0v) is 24.6. The zero-order valence-electron chi connectivity index (χ0n) is 22.3. The summed E-state index contributed by atoms with van der Waals surface area (Å²) in [6, 6.07) is 9.04. The maximum Gasteiger partial charge on any atom is 0.253 e. The Morgan fingerprint density at radius 1 is 1.00 bits per heavy atom. The minimum absolute atomic E-state index is 0.0268. The highest BCUT2D eigenvalue weighted by atomic mass is 79.9.